The van der Waals surface area contributed by atoms with Crippen LogP contribution in [0.1, 0.15) is 38.8 Å². The molecule has 1 aromatic carbocycles. The number of H-pyrrole nitrogens is 1. The number of pyridine rings is 1. The van der Waals surface area contributed by atoms with E-state index in [2.05, 4.69) is 26.8 Å². The van der Waals surface area contributed by atoms with E-state index in [0.29, 0.717) is 31.7 Å². The van der Waals surface area contributed by atoms with Crippen LogP contribution in [0.5, 0.6) is 0 Å². The van der Waals surface area contributed by atoms with Gasteiger partial charge in [-0.1, -0.05) is 27.3 Å². The molecule has 9 heteroatoms. The lowest BCUT2D eigenvalue weighted by atomic mass is 10.0. The summed E-state index contributed by atoms with van der Waals surface area (Å²) in [6.07, 6.45) is 2.30. The Morgan fingerprint density at radius 1 is 1.33 bits per heavy atom. The van der Waals surface area contributed by atoms with Gasteiger partial charge in [0.25, 0.3) is 5.56 Å². The van der Waals surface area contributed by atoms with Crippen molar-refractivity contribution in [1.82, 2.24) is 24.8 Å². The van der Waals surface area contributed by atoms with Gasteiger partial charge >= 0.3 is 5.97 Å². The number of nitrogens with one attached hydrogen (secondary N) is 2. The third kappa shape index (κ3) is 6.40. The standard InChI is InChI=1S/C26H35N5O4.CH4/c1-16(2)9-22(26(33)34)27-12-18-5-6-23-21(11-18)29-24(19-10-17(3)25(32)28-13-19)31(23)15-20-14-30(4)7-8-35-20;/h5-6,10-11,13,16,20,22,27H,7-9,12,14-15H2,1-4H3,(H,28,32)(H,33,34);1H4/t20?,22-;/m0./s1. The van der Waals surface area contributed by atoms with Gasteiger partial charge < -0.3 is 29.6 Å². The summed E-state index contributed by atoms with van der Waals surface area (Å²) in [6, 6.07) is 7.31. The largest absolute Gasteiger partial charge is 0.480 e. The van der Waals surface area contributed by atoms with Crippen LogP contribution in [0.3, 0.4) is 0 Å². The van der Waals surface area contributed by atoms with Crippen LogP contribution in [0.15, 0.2) is 35.3 Å². The SMILES string of the molecule is C.Cc1cc(-c2nc3cc(CN[C@@H](CC(C)C)C(=O)O)ccc3n2CC2CN(C)CCO2)c[nH]c1=O. The fraction of sp³-hybridized carbons (Fsp3) is 0.519. The van der Waals surface area contributed by atoms with Crippen LogP contribution in [-0.4, -0.2) is 69.4 Å². The second kappa shape index (κ2) is 11.8. The van der Waals surface area contributed by atoms with Gasteiger partial charge in [0.2, 0.25) is 0 Å². The molecule has 1 aliphatic heterocycles. The minimum absolute atomic E-state index is 0. The number of morpholine rings is 1. The summed E-state index contributed by atoms with van der Waals surface area (Å²) in [6.45, 7) is 9.34. The minimum Gasteiger partial charge on any atom is -0.480 e. The molecule has 2 aromatic heterocycles. The lowest BCUT2D eigenvalue weighted by Gasteiger charge is -2.30. The fourth-order valence-electron chi connectivity index (χ4n) is 4.58. The molecule has 3 aromatic rings. The van der Waals surface area contributed by atoms with Crippen molar-refractivity contribution < 1.29 is 14.6 Å². The summed E-state index contributed by atoms with van der Waals surface area (Å²) < 4.78 is 8.19. The van der Waals surface area contributed by atoms with Gasteiger partial charge in [-0.15, -0.1) is 0 Å². The molecular formula is C27H39N5O4. The van der Waals surface area contributed by atoms with Crippen molar-refractivity contribution in [2.24, 2.45) is 5.92 Å². The maximum atomic E-state index is 11.9. The number of fused-ring (bicyclic) bond motifs is 1. The van der Waals surface area contributed by atoms with Gasteiger partial charge in [-0.25, -0.2) is 4.98 Å². The molecule has 0 saturated carbocycles. The monoisotopic (exact) mass is 497 g/mol. The highest BCUT2D eigenvalue weighted by atomic mass is 16.5. The lowest BCUT2D eigenvalue weighted by Crippen LogP contribution is -2.42. The molecular weight excluding hydrogens is 458 g/mol. The van der Waals surface area contributed by atoms with Gasteiger partial charge in [-0.05, 0) is 50.1 Å². The number of imidazole rings is 1. The van der Waals surface area contributed by atoms with Crippen molar-refractivity contribution in [3.63, 3.8) is 0 Å². The van der Waals surface area contributed by atoms with E-state index in [4.69, 9.17) is 9.72 Å². The van der Waals surface area contributed by atoms with E-state index in [1.165, 1.54) is 0 Å². The number of aromatic nitrogens is 3. The van der Waals surface area contributed by atoms with Crippen LogP contribution in [0.4, 0.5) is 0 Å². The number of likely N-dealkylation sites (N-methyl/N-ethyl adjacent to an activating group) is 1. The first kappa shape index (κ1) is 27.6. The molecule has 1 fully saturated rings. The quantitative estimate of drug-likeness (QED) is 0.416. The van der Waals surface area contributed by atoms with Crippen molar-refractivity contribution in [3.8, 4) is 11.4 Å². The summed E-state index contributed by atoms with van der Waals surface area (Å²) in [7, 11) is 2.09. The number of aryl methyl sites for hydroxylation is 1. The number of aromatic amines is 1. The van der Waals surface area contributed by atoms with E-state index in [9.17, 15) is 14.7 Å². The Balaban J connectivity index is 0.00000361. The van der Waals surface area contributed by atoms with Gasteiger partial charge in [0.05, 0.1) is 30.3 Å². The lowest BCUT2D eigenvalue weighted by molar-refractivity contribution is -0.140. The second-order valence-electron chi connectivity index (χ2n) is 9.93. The maximum absolute atomic E-state index is 11.9. The first-order valence-electron chi connectivity index (χ1n) is 12.2. The first-order chi connectivity index (χ1) is 16.7. The third-order valence-corrected chi connectivity index (χ3v) is 6.45. The molecule has 2 atom stereocenters. The Morgan fingerprint density at radius 2 is 2.11 bits per heavy atom. The Bertz CT molecular complexity index is 1250. The van der Waals surface area contributed by atoms with Crippen molar-refractivity contribution in [2.75, 3.05) is 26.7 Å². The van der Waals surface area contributed by atoms with Gasteiger partial charge in [0, 0.05) is 37.0 Å². The molecule has 1 saturated heterocycles. The predicted octanol–water partition coefficient (Wildman–Crippen LogP) is 3.26. The Morgan fingerprint density at radius 3 is 2.78 bits per heavy atom. The summed E-state index contributed by atoms with van der Waals surface area (Å²) >= 11 is 0. The average Bonchev–Trinajstić information content (AvgIpc) is 3.15. The summed E-state index contributed by atoms with van der Waals surface area (Å²) in [5.74, 6) is 0.216. The molecule has 3 heterocycles. The van der Waals surface area contributed by atoms with Crippen LogP contribution < -0.4 is 10.9 Å². The number of hydrogen-bond donors (Lipinski definition) is 3. The number of nitrogens with zero attached hydrogens (tertiary/aromatic N) is 3. The topological polar surface area (TPSA) is 112 Å². The van der Waals surface area contributed by atoms with E-state index < -0.39 is 12.0 Å². The number of carboxylic acid groups (broad SMARTS) is 1. The zero-order chi connectivity index (χ0) is 25.1. The summed E-state index contributed by atoms with van der Waals surface area (Å²) in [5, 5.41) is 12.7. The molecule has 3 N–H and O–H groups in total. The van der Waals surface area contributed by atoms with E-state index in [-0.39, 0.29) is 25.0 Å². The molecule has 1 unspecified atom stereocenters. The predicted molar refractivity (Wildman–Crippen MR) is 142 cm³/mol. The van der Waals surface area contributed by atoms with Crippen molar-refractivity contribution in [2.45, 2.75) is 59.9 Å². The molecule has 196 valence electrons. The highest BCUT2D eigenvalue weighted by Gasteiger charge is 2.23. The molecule has 1 aliphatic rings. The van der Waals surface area contributed by atoms with Gasteiger partial charge in [-0.2, -0.15) is 0 Å². The molecule has 0 amide bonds. The van der Waals surface area contributed by atoms with Crippen molar-refractivity contribution >= 4 is 17.0 Å². The van der Waals surface area contributed by atoms with Crippen LogP contribution >= 0.6 is 0 Å². The van der Waals surface area contributed by atoms with Gasteiger partial charge in [0.1, 0.15) is 11.9 Å². The molecule has 9 nitrogen and oxygen atoms in total. The van der Waals surface area contributed by atoms with Crippen molar-refractivity contribution in [3.05, 3.63) is 51.9 Å². The number of aliphatic carboxylic acids is 1. The zero-order valence-corrected chi connectivity index (χ0v) is 20.9. The number of carboxylic acids is 1. The summed E-state index contributed by atoms with van der Waals surface area (Å²) in [5.41, 5.74) is 4.12. The average molecular weight is 498 g/mol. The second-order valence-corrected chi connectivity index (χ2v) is 9.93. The molecule has 0 radical (unpaired) electrons. The maximum Gasteiger partial charge on any atom is 0.320 e. The Labute approximate surface area is 212 Å². The number of benzene rings is 1. The van der Waals surface area contributed by atoms with E-state index in [1.54, 1.807) is 13.1 Å². The summed E-state index contributed by atoms with van der Waals surface area (Å²) in [4.78, 5) is 33.6. The van der Waals surface area contributed by atoms with E-state index >= 15 is 0 Å². The highest BCUT2D eigenvalue weighted by Crippen LogP contribution is 2.27. The van der Waals surface area contributed by atoms with Crippen LogP contribution in [0.25, 0.3) is 22.4 Å². The van der Waals surface area contributed by atoms with Gasteiger partial charge in [-0.3, -0.25) is 9.59 Å². The molecule has 0 aliphatic carbocycles. The Hall–Kier alpha value is -3.01. The van der Waals surface area contributed by atoms with Crippen LogP contribution in [0.2, 0.25) is 0 Å². The number of rotatable bonds is 9. The first-order valence-corrected chi connectivity index (χ1v) is 12.2. The number of ether oxygens (including phenoxy) is 1. The fourth-order valence-corrected chi connectivity index (χ4v) is 4.58. The van der Waals surface area contributed by atoms with Crippen molar-refractivity contribution in [1.29, 1.82) is 0 Å². The van der Waals surface area contributed by atoms with Crippen LogP contribution in [0, 0.1) is 12.8 Å². The normalized spacial score (nSPS) is 17.3. The molecule has 36 heavy (non-hydrogen) atoms. The number of hydrogen-bond acceptors (Lipinski definition) is 6. The smallest absolute Gasteiger partial charge is 0.320 e. The minimum atomic E-state index is -0.836. The third-order valence-electron chi connectivity index (χ3n) is 6.45. The number of carbonyl (C=O) groups is 1. The molecule has 0 bridgehead atoms. The van der Waals surface area contributed by atoms with E-state index in [0.717, 1.165) is 41.1 Å². The zero-order valence-electron chi connectivity index (χ0n) is 20.9. The van der Waals surface area contributed by atoms with Gasteiger partial charge in [0.15, 0.2) is 0 Å². The van der Waals surface area contributed by atoms with Crippen LogP contribution in [-0.2, 0) is 22.6 Å². The molecule has 0 spiro atoms. The molecule has 4 rings (SSSR count). The Kier molecular flexibility index (Phi) is 9.05. The van der Waals surface area contributed by atoms with E-state index in [1.807, 2.05) is 38.1 Å². The highest BCUT2D eigenvalue weighted by molar-refractivity contribution is 5.81.